The second-order valence-electron chi connectivity index (χ2n) is 11.7. The number of aromatic nitrogens is 1. The molecule has 0 bridgehead atoms. The van der Waals surface area contributed by atoms with E-state index in [0.29, 0.717) is 29.9 Å². The summed E-state index contributed by atoms with van der Waals surface area (Å²) in [5.74, 6) is 0.463. The first-order valence-corrected chi connectivity index (χ1v) is 13.0. The molecule has 0 radical (unpaired) electrons. The highest BCUT2D eigenvalue weighted by molar-refractivity contribution is 5.67. The van der Waals surface area contributed by atoms with E-state index >= 15 is 0 Å². The molecule has 8 nitrogen and oxygen atoms in total. The van der Waals surface area contributed by atoms with Crippen molar-refractivity contribution >= 4 is 11.9 Å². The zero-order chi connectivity index (χ0) is 26.6. The van der Waals surface area contributed by atoms with Crippen LogP contribution in [0.4, 0.5) is 0 Å². The van der Waals surface area contributed by atoms with Crippen molar-refractivity contribution in [2.24, 2.45) is 22.7 Å². The standard InChI is InChI=1S/C29H35NO7/c1-17(31)34-16-28(4)23-8-11-29(5)24(27(23,3)10-9-25(28)35-18(2)32)13-20-22(37-29)14-21(36-26(20)33)19-7-6-12-30-15-19/h6-7,12,14-15,23-25H,8-11,13,16H2,1-5H3/t23-,24-,25+,27+,28+,29-/m1/s1. The van der Waals surface area contributed by atoms with Gasteiger partial charge in [0.05, 0.1) is 5.56 Å². The van der Waals surface area contributed by atoms with Crippen molar-refractivity contribution in [1.82, 2.24) is 4.98 Å². The number of hydrogen-bond acceptors (Lipinski definition) is 8. The summed E-state index contributed by atoms with van der Waals surface area (Å²) < 4.78 is 23.8. The number of esters is 2. The molecule has 0 saturated heterocycles. The smallest absolute Gasteiger partial charge is 0.343 e. The van der Waals surface area contributed by atoms with Gasteiger partial charge in [-0.2, -0.15) is 0 Å². The maximum absolute atomic E-state index is 13.2. The second-order valence-corrected chi connectivity index (χ2v) is 11.7. The summed E-state index contributed by atoms with van der Waals surface area (Å²) in [5, 5.41) is 0. The summed E-state index contributed by atoms with van der Waals surface area (Å²) in [6.07, 6.45) is 6.57. The normalized spacial score (nSPS) is 34.2. The fraction of sp³-hybridized carbons (Fsp3) is 0.586. The van der Waals surface area contributed by atoms with Gasteiger partial charge in [0.2, 0.25) is 0 Å². The van der Waals surface area contributed by atoms with E-state index in [-0.39, 0.29) is 47.5 Å². The van der Waals surface area contributed by atoms with Gasteiger partial charge in [-0.05, 0) is 62.5 Å². The lowest BCUT2D eigenvalue weighted by Crippen LogP contribution is -2.65. The number of nitrogens with zero attached hydrogens (tertiary/aromatic N) is 1. The molecule has 2 aromatic rings. The lowest BCUT2D eigenvalue weighted by Gasteiger charge is -2.64. The van der Waals surface area contributed by atoms with Crippen LogP contribution in [0.15, 0.2) is 39.8 Å². The Morgan fingerprint density at radius 1 is 1.11 bits per heavy atom. The predicted octanol–water partition coefficient (Wildman–Crippen LogP) is 4.72. The minimum atomic E-state index is -0.555. The molecule has 5 rings (SSSR count). The Morgan fingerprint density at radius 2 is 1.89 bits per heavy atom. The molecule has 0 aromatic carbocycles. The Morgan fingerprint density at radius 3 is 2.57 bits per heavy atom. The highest BCUT2D eigenvalue weighted by atomic mass is 16.6. The first-order chi connectivity index (χ1) is 17.5. The van der Waals surface area contributed by atoms with Crippen molar-refractivity contribution in [1.29, 1.82) is 0 Å². The molecule has 3 heterocycles. The van der Waals surface area contributed by atoms with Gasteiger partial charge in [0.1, 0.15) is 29.8 Å². The summed E-state index contributed by atoms with van der Waals surface area (Å²) in [6.45, 7) is 9.47. The SMILES string of the molecule is CC(=O)OC[C@@]1(C)[C@@H]2CC[C@@]3(C)Oc4cc(-c5cccnc5)oc(=O)c4C[C@@H]3[C@@]2(C)CC[C@@H]1OC(C)=O. The minimum Gasteiger partial charge on any atom is -0.487 e. The van der Waals surface area contributed by atoms with Crippen molar-refractivity contribution in [3.05, 3.63) is 46.6 Å². The summed E-state index contributed by atoms with van der Waals surface area (Å²) >= 11 is 0. The van der Waals surface area contributed by atoms with Crippen molar-refractivity contribution in [3.8, 4) is 17.1 Å². The molecular weight excluding hydrogens is 474 g/mol. The second kappa shape index (κ2) is 8.99. The zero-order valence-corrected chi connectivity index (χ0v) is 22.2. The Balaban J connectivity index is 1.53. The Kier molecular flexibility index (Phi) is 6.20. The van der Waals surface area contributed by atoms with Crippen LogP contribution in [0.1, 0.15) is 65.9 Å². The third-order valence-corrected chi connectivity index (χ3v) is 9.34. The predicted molar refractivity (Wildman–Crippen MR) is 135 cm³/mol. The quantitative estimate of drug-likeness (QED) is 0.545. The maximum atomic E-state index is 13.2. The van der Waals surface area contributed by atoms with Crippen molar-refractivity contribution in [2.75, 3.05) is 6.61 Å². The number of ether oxygens (including phenoxy) is 3. The van der Waals surface area contributed by atoms with Gasteiger partial charge in [-0.3, -0.25) is 14.6 Å². The lowest BCUT2D eigenvalue weighted by molar-refractivity contribution is -0.219. The van der Waals surface area contributed by atoms with Gasteiger partial charge in [-0.25, -0.2) is 4.79 Å². The topological polar surface area (TPSA) is 105 Å². The van der Waals surface area contributed by atoms with E-state index in [1.165, 1.54) is 13.8 Å². The van der Waals surface area contributed by atoms with Crippen LogP contribution >= 0.6 is 0 Å². The number of carbonyl (C=O) groups is 2. The number of carbonyl (C=O) groups excluding carboxylic acids is 2. The Bertz CT molecular complexity index is 1270. The van der Waals surface area contributed by atoms with Crippen LogP contribution in [0.25, 0.3) is 11.3 Å². The average molecular weight is 510 g/mol. The summed E-state index contributed by atoms with van der Waals surface area (Å²) in [6, 6.07) is 5.46. The largest absolute Gasteiger partial charge is 0.487 e. The van der Waals surface area contributed by atoms with Crippen LogP contribution in [-0.4, -0.2) is 35.2 Å². The maximum Gasteiger partial charge on any atom is 0.343 e. The highest BCUT2D eigenvalue weighted by Crippen LogP contribution is 2.65. The van der Waals surface area contributed by atoms with Gasteiger partial charge in [0.25, 0.3) is 0 Å². The van der Waals surface area contributed by atoms with E-state index in [2.05, 4.69) is 25.8 Å². The fourth-order valence-electron chi connectivity index (χ4n) is 7.60. The molecule has 3 aliphatic rings. The van der Waals surface area contributed by atoms with Gasteiger partial charge in [-0.15, -0.1) is 0 Å². The first-order valence-electron chi connectivity index (χ1n) is 13.0. The van der Waals surface area contributed by atoms with E-state index < -0.39 is 11.0 Å². The highest BCUT2D eigenvalue weighted by Gasteiger charge is 2.65. The van der Waals surface area contributed by atoms with Crippen molar-refractivity contribution in [3.63, 3.8) is 0 Å². The summed E-state index contributed by atoms with van der Waals surface area (Å²) in [4.78, 5) is 41.1. The molecule has 2 fully saturated rings. The van der Waals surface area contributed by atoms with E-state index in [0.717, 1.165) is 24.8 Å². The summed E-state index contributed by atoms with van der Waals surface area (Å²) in [5.41, 5.74) is -0.375. The van der Waals surface area contributed by atoms with Gasteiger partial charge in [0, 0.05) is 49.2 Å². The minimum absolute atomic E-state index is 0.0355. The molecule has 0 N–H and O–H groups in total. The van der Waals surface area contributed by atoms with Gasteiger partial charge in [0.15, 0.2) is 0 Å². The Hall–Kier alpha value is -3.16. The number of rotatable bonds is 4. The fourth-order valence-corrected chi connectivity index (χ4v) is 7.60. The van der Waals surface area contributed by atoms with E-state index in [1.54, 1.807) is 18.5 Å². The number of pyridine rings is 1. The van der Waals surface area contributed by atoms with E-state index in [4.69, 9.17) is 18.6 Å². The molecule has 0 unspecified atom stereocenters. The van der Waals surface area contributed by atoms with E-state index in [1.807, 2.05) is 12.1 Å². The van der Waals surface area contributed by atoms with Crippen LogP contribution in [0, 0.1) is 22.7 Å². The van der Waals surface area contributed by atoms with Gasteiger partial charge >= 0.3 is 17.6 Å². The molecule has 198 valence electrons. The van der Waals surface area contributed by atoms with Gasteiger partial charge in [-0.1, -0.05) is 13.8 Å². The number of hydrogen-bond donors (Lipinski definition) is 0. The van der Waals surface area contributed by atoms with Crippen LogP contribution in [0.3, 0.4) is 0 Å². The van der Waals surface area contributed by atoms with E-state index in [9.17, 15) is 14.4 Å². The average Bonchev–Trinajstić information content (AvgIpc) is 2.84. The molecule has 2 aliphatic carbocycles. The van der Waals surface area contributed by atoms with Crippen LogP contribution < -0.4 is 10.4 Å². The molecule has 2 saturated carbocycles. The summed E-state index contributed by atoms with van der Waals surface area (Å²) in [7, 11) is 0. The Labute approximate surface area is 216 Å². The third-order valence-electron chi connectivity index (χ3n) is 9.34. The van der Waals surface area contributed by atoms with Gasteiger partial charge < -0.3 is 18.6 Å². The zero-order valence-electron chi connectivity index (χ0n) is 22.2. The first kappa shape index (κ1) is 25.5. The third kappa shape index (κ3) is 4.24. The lowest BCUT2D eigenvalue weighted by atomic mass is 9.43. The monoisotopic (exact) mass is 509 g/mol. The van der Waals surface area contributed by atoms with Crippen LogP contribution in [0.2, 0.25) is 0 Å². The molecule has 2 aromatic heterocycles. The van der Waals surface area contributed by atoms with Crippen molar-refractivity contribution in [2.45, 2.75) is 78.4 Å². The number of fused-ring (bicyclic) bond motifs is 4. The molecule has 6 atom stereocenters. The van der Waals surface area contributed by atoms with Crippen molar-refractivity contribution < 1.29 is 28.2 Å². The van der Waals surface area contributed by atoms with Crippen LogP contribution in [0.5, 0.6) is 5.75 Å². The molecule has 8 heteroatoms. The molecule has 1 aliphatic heterocycles. The molecule has 37 heavy (non-hydrogen) atoms. The molecular formula is C29H35NO7. The molecule has 0 amide bonds. The molecule has 0 spiro atoms. The van der Waals surface area contributed by atoms with Crippen LogP contribution in [-0.2, 0) is 25.5 Å².